The Morgan fingerprint density at radius 2 is 2.06 bits per heavy atom. The zero-order chi connectivity index (χ0) is 13.1. The van der Waals surface area contributed by atoms with Crippen molar-refractivity contribution in [3.63, 3.8) is 0 Å². The Morgan fingerprint density at radius 1 is 1.28 bits per heavy atom. The van der Waals surface area contributed by atoms with Crippen LogP contribution in [0.2, 0.25) is 0 Å². The number of anilines is 1. The van der Waals surface area contributed by atoms with E-state index >= 15 is 0 Å². The number of hydrogen-bond donors (Lipinski definition) is 1. The number of nitrogens with zero attached hydrogens (tertiary/aromatic N) is 2. The molecule has 0 fully saturated rings. The van der Waals surface area contributed by atoms with Gasteiger partial charge in [-0.3, -0.25) is 0 Å². The molecule has 2 rings (SSSR count). The van der Waals surface area contributed by atoms with Crippen LogP contribution in [0, 0.1) is 13.8 Å². The normalized spacial score (nSPS) is 12.4. The molecule has 0 aliphatic heterocycles. The third-order valence-electron chi connectivity index (χ3n) is 2.86. The molecule has 96 valence electrons. The van der Waals surface area contributed by atoms with Gasteiger partial charge in [-0.05, 0) is 43.5 Å². The molecule has 1 unspecified atom stereocenters. The predicted molar refractivity (Wildman–Crippen MR) is 73.9 cm³/mol. The van der Waals surface area contributed by atoms with Crippen LogP contribution < -0.4 is 10.5 Å². The smallest absolute Gasteiger partial charge is 0.203 e. The molecule has 0 spiro atoms. The van der Waals surface area contributed by atoms with E-state index in [4.69, 9.17) is 10.5 Å². The third-order valence-corrected chi connectivity index (χ3v) is 3.70. The van der Waals surface area contributed by atoms with Gasteiger partial charge in [0.15, 0.2) is 11.1 Å². The highest BCUT2D eigenvalue weighted by atomic mass is 32.1. The summed E-state index contributed by atoms with van der Waals surface area (Å²) in [6.45, 7) is 6.22. The summed E-state index contributed by atoms with van der Waals surface area (Å²) in [6, 6.07) is 6.09. The van der Waals surface area contributed by atoms with Gasteiger partial charge in [-0.1, -0.05) is 24.3 Å². The van der Waals surface area contributed by atoms with Crippen LogP contribution in [-0.4, -0.2) is 10.2 Å². The average Bonchev–Trinajstić information content (AvgIpc) is 2.77. The van der Waals surface area contributed by atoms with Gasteiger partial charge in [0.05, 0.1) is 0 Å². The molecule has 0 radical (unpaired) electrons. The number of aromatic nitrogens is 2. The summed E-state index contributed by atoms with van der Waals surface area (Å²) in [5, 5.41) is 9.17. The van der Waals surface area contributed by atoms with Crippen LogP contribution >= 0.6 is 11.3 Å². The Morgan fingerprint density at radius 3 is 2.61 bits per heavy atom. The van der Waals surface area contributed by atoms with E-state index in [0.29, 0.717) is 5.13 Å². The molecule has 1 aromatic carbocycles. The molecule has 0 aliphatic carbocycles. The van der Waals surface area contributed by atoms with Crippen LogP contribution in [-0.2, 0) is 0 Å². The van der Waals surface area contributed by atoms with E-state index in [-0.39, 0.29) is 6.10 Å². The fourth-order valence-electron chi connectivity index (χ4n) is 1.64. The largest absolute Gasteiger partial charge is 0.483 e. The van der Waals surface area contributed by atoms with Gasteiger partial charge in [-0.15, -0.1) is 10.2 Å². The van der Waals surface area contributed by atoms with E-state index < -0.39 is 0 Å². The number of nitrogen functional groups attached to an aromatic ring is 1. The molecule has 0 aliphatic rings. The van der Waals surface area contributed by atoms with E-state index in [1.165, 1.54) is 22.5 Å². The summed E-state index contributed by atoms with van der Waals surface area (Å²) in [4.78, 5) is 0. The third kappa shape index (κ3) is 2.79. The van der Waals surface area contributed by atoms with Gasteiger partial charge in [0.2, 0.25) is 5.13 Å². The second-order valence-electron chi connectivity index (χ2n) is 4.24. The quantitative estimate of drug-likeness (QED) is 0.919. The van der Waals surface area contributed by atoms with Crippen molar-refractivity contribution in [3.8, 4) is 5.75 Å². The minimum Gasteiger partial charge on any atom is -0.483 e. The summed E-state index contributed by atoms with van der Waals surface area (Å²) in [6.07, 6.45) is 0.753. The first-order chi connectivity index (χ1) is 8.60. The number of ether oxygens (including phenoxy) is 1. The molecule has 18 heavy (non-hydrogen) atoms. The van der Waals surface area contributed by atoms with E-state index in [9.17, 15) is 0 Å². The molecule has 1 aromatic heterocycles. The zero-order valence-corrected chi connectivity index (χ0v) is 11.6. The number of benzene rings is 1. The first kappa shape index (κ1) is 12.8. The highest BCUT2D eigenvalue weighted by Gasteiger charge is 2.16. The first-order valence-electron chi connectivity index (χ1n) is 5.93. The van der Waals surface area contributed by atoms with Crippen molar-refractivity contribution in [1.82, 2.24) is 10.2 Å². The highest BCUT2D eigenvalue weighted by molar-refractivity contribution is 7.15. The molecule has 0 bridgehead atoms. The molecule has 5 heteroatoms. The van der Waals surface area contributed by atoms with Gasteiger partial charge >= 0.3 is 0 Å². The second-order valence-corrected chi connectivity index (χ2v) is 5.28. The van der Waals surface area contributed by atoms with Crippen molar-refractivity contribution in [2.75, 3.05) is 5.73 Å². The molecule has 0 saturated carbocycles. The molecule has 2 N–H and O–H groups in total. The SMILES string of the molecule is CCC(Oc1ccc(C)c(C)c1)c1nnc(N)s1. The minimum absolute atomic E-state index is 0.0816. The van der Waals surface area contributed by atoms with Crippen molar-refractivity contribution in [2.45, 2.75) is 33.3 Å². The molecular weight excluding hydrogens is 246 g/mol. The Labute approximate surface area is 111 Å². The fourth-order valence-corrected chi connectivity index (χ4v) is 2.36. The van der Waals surface area contributed by atoms with Gasteiger partial charge < -0.3 is 10.5 Å². The maximum atomic E-state index is 5.95. The van der Waals surface area contributed by atoms with Crippen LogP contribution in [0.25, 0.3) is 0 Å². The molecule has 0 saturated heterocycles. The van der Waals surface area contributed by atoms with Crippen molar-refractivity contribution in [3.05, 3.63) is 34.3 Å². The van der Waals surface area contributed by atoms with Gasteiger partial charge in [0.25, 0.3) is 0 Å². The maximum Gasteiger partial charge on any atom is 0.203 e. The Hall–Kier alpha value is -1.62. The first-order valence-corrected chi connectivity index (χ1v) is 6.74. The number of aryl methyl sites for hydroxylation is 2. The topological polar surface area (TPSA) is 61.0 Å². The average molecular weight is 263 g/mol. The number of nitrogens with two attached hydrogens (primary N) is 1. The van der Waals surface area contributed by atoms with Gasteiger partial charge in [-0.2, -0.15) is 0 Å². The minimum atomic E-state index is -0.0816. The van der Waals surface area contributed by atoms with Gasteiger partial charge in [0, 0.05) is 0 Å². The molecule has 1 heterocycles. The number of hydrogen-bond acceptors (Lipinski definition) is 5. The Bertz CT molecular complexity index is 539. The summed E-state index contributed by atoms with van der Waals surface area (Å²) < 4.78 is 5.95. The highest BCUT2D eigenvalue weighted by Crippen LogP contribution is 2.28. The molecule has 0 amide bonds. The summed E-state index contributed by atoms with van der Waals surface area (Å²) >= 11 is 1.38. The fraction of sp³-hybridized carbons (Fsp3) is 0.385. The lowest BCUT2D eigenvalue weighted by Gasteiger charge is -2.15. The van der Waals surface area contributed by atoms with Crippen molar-refractivity contribution >= 4 is 16.5 Å². The van der Waals surface area contributed by atoms with Gasteiger partial charge in [0.1, 0.15) is 5.75 Å². The maximum absolute atomic E-state index is 5.95. The van der Waals surface area contributed by atoms with E-state index in [1.54, 1.807) is 0 Å². The van der Waals surface area contributed by atoms with Crippen molar-refractivity contribution in [1.29, 1.82) is 0 Å². The van der Waals surface area contributed by atoms with E-state index in [0.717, 1.165) is 17.2 Å². The summed E-state index contributed by atoms with van der Waals surface area (Å²) in [7, 11) is 0. The molecular formula is C13H17N3OS. The van der Waals surface area contributed by atoms with Gasteiger partial charge in [-0.25, -0.2) is 0 Å². The Kier molecular flexibility index (Phi) is 3.81. The second kappa shape index (κ2) is 5.35. The molecule has 1 atom stereocenters. The predicted octanol–water partition coefficient (Wildman–Crippen LogP) is 3.27. The monoisotopic (exact) mass is 263 g/mol. The zero-order valence-electron chi connectivity index (χ0n) is 10.8. The van der Waals surface area contributed by atoms with Crippen LogP contribution in [0.5, 0.6) is 5.75 Å². The summed E-state index contributed by atoms with van der Waals surface area (Å²) in [5.41, 5.74) is 8.08. The van der Waals surface area contributed by atoms with Crippen LogP contribution in [0.3, 0.4) is 0 Å². The molecule has 4 nitrogen and oxygen atoms in total. The van der Waals surface area contributed by atoms with E-state index in [1.807, 2.05) is 12.1 Å². The van der Waals surface area contributed by atoms with Crippen molar-refractivity contribution in [2.24, 2.45) is 0 Å². The molecule has 2 aromatic rings. The van der Waals surface area contributed by atoms with E-state index in [2.05, 4.69) is 37.0 Å². The van der Waals surface area contributed by atoms with Crippen molar-refractivity contribution < 1.29 is 4.74 Å². The lowest BCUT2D eigenvalue weighted by Crippen LogP contribution is -2.06. The summed E-state index contributed by atoms with van der Waals surface area (Å²) in [5.74, 6) is 0.860. The lowest BCUT2D eigenvalue weighted by atomic mass is 10.1. The van der Waals surface area contributed by atoms with Crippen LogP contribution in [0.4, 0.5) is 5.13 Å². The standard InChI is InChI=1S/C13H17N3OS/c1-4-11(12-15-16-13(14)18-12)17-10-6-5-8(2)9(3)7-10/h5-7,11H,4H2,1-3H3,(H2,14,16). The lowest BCUT2D eigenvalue weighted by molar-refractivity contribution is 0.200. The number of rotatable bonds is 4. The van der Waals surface area contributed by atoms with Crippen LogP contribution in [0.15, 0.2) is 18.2 Å². The van der Waals surface area contributed by atoms with Crippen LogP contribution in [0.1, 0.15) is 35.6 Å². The Balaban J connectivity index is 2.17.